The molecule has 2 heteroatoms. The second kappa shape index (κ2) is 12.6. The van der Waals surface area contributed by atoms with Crippen LogP contribution < -0.4 is 0 Å². The van der Waals surface area contributed by atoms with E-state index < -0.39 is 0 Å². The van der Waals surface area contributed by atoms with E-state index in [1.54, 1.807) is 0 Å². The molecular weight excluding hydrogens is 246 g/mol. The van der Waals surface area contributed by atoms with Gasteiger partial charge in [-0.05, 0) is 25.8 Å². The monoisotopic (exact) mass is 283 g/mol. The standard InChI is InChI=1S/C18H37NO/c1-2-3-4-5-6-7-8-12-15-19(16-17-20)18-13-10-9-11-14-18/h18,20H,2-17H2,1H3. The highest BCUT2D eigenvalue weighted by Crippen LogP contribution is 2.23. The van der Waals surface area contributed by atoms with Crippen molar-refractivity contribution in [3.63, 3.8) is 0 Å². The van der Waals surface area contributed by atoms with E-state index in [1.807, 2.05) is 0 Å². The summed E-state index contributed by atoms with van der Waals surface area (Å²) in [5.41, 5.74) is 0. The topological polar surface area (TPSA) is 23.5 Å². The molecule has 0 unspecified atom stereocenters. The number of hydrogen-bond acceptors (Lipinski definition) is 2. The molecular formula is C18H37NO. The van der Waals surface area contributed by atoms with Crippen molar-refractivity contribution >= 4 is 0 Å². The molecule has 1 rings (SSSR count). The predicted octanol–water partition coefficient (Wildman–Crippen LogP) is 4.75. The Bertz CT molecular complexity index is 202. The Morgan fingerprint density at radius 3 is 2.00 bits per heavy atom. The molecule has 0 bridgehead atoms. The molecule has 0 aromatic heterocycles. The van der Waals surface area contributed by atoms with Crippen LogP contribution in [0.5, 0.6) is 0 Å². The second-order valence-corrected chi connectivity index (χ2v) is 6.53. The highest BCUT2D eigenvalue weighted by atomic mass is 16.3. The molecule has 0 heterocycles. The number of nitrogens with zero attached hydrogens (tertiary/aromatic N) is 1. The summed E-state index contributed by atoms with van der Waals surface area (Å²) in [7, 11) is 0. The summed E-state index contributed by atoms with van der Waals surface area (Å²) in [4.78, 5) is 2.57. The van der Waals surface area contributed by atoms with Gasteiger partial charge in [0.15, 0.2) is 0 Å². The van der Waals surface area contributed by atoms with E-state index in [1.165, 1.54) is 90.0 Å². The smallest absolute Gasteiger partial charge is 0.0558 e. The van der Waals surface area contributed by atoms with Gasteiger partial charge in [0.1, 0.15) is 0 Å². The Hall–Kier alpha value is -0.0800. The molecule has 0 spiro atoms. The fourth-order valence-corrected chi connectivity index (χ4v) is 3.50. The van der Waals surface area contributed by atoms with Gasteiger partial charge in [-0.3, -0.25) is 4.90 Å². The minimum atomic E-state index is 0.327. The van der Waals surface area contributed by atoms with Gasteiger partial charge < -0.3 is 5.11 Å². The largest absolute Gasteiger partial charge is 0.395 e. The lowest BCUT2D eigenvalue weighted by molar-refractivity contribution is 0.122. The Morgan fingerprint density at radius 2 is 1.40 bits per heavy atom. The maximum atomic E-state index is 9.25. The van der Waals surface area contributed by atoms with E-state index in [9.17, 15) is 5.11 Å². The lowest BCUT2D eigenvalue weighted by atomic mass is 9.94. The Labute approximate surface area is 126 Å². The normalized spacial score (nSPS) is 16.9. The van der Waals surface area contributed by atoms with Crippen LogP contribution in [0.4, 0.5) is 0 Å². The van der Waals surface area contributed by atoms with Gasteiger partial charge in [-0.1, -0.05) is 71.1 Å². The Morgan fingerprint density at radius 1 is 0.800 bits per heavy atom. The van der Waals surface area contributed by atoms with Gasteiger partial charge in [-0.2, -0.15) is 0 Å². The average Bonchev–Trinajstić information content (AvgIpc) is 2.50. The van der Waals surface area contributed by atoms with Gasteiger partial charge in [-0.25, -0.2) is 0 Å². The SMILES string of the molecule is CCCCCCCCCCN(CCO)C1CCCCC1. The summed E-state index contributed by atoms with van der Waals surface area (Å²) in [6.07, 6.45) is 18.1. The predicted molar refractivity (Wildman–Crippen MR) is 88.1 cm³/mol. The first-order valence-corrected chi connectivity index (χ1v) is 9.23. The molecule has 0 saturated heterocycles. The summed E-state index contributed by atoms with van der Waals surface area (Å²) < 4.78 is 0. The third-order valence-electron chi connectivity index (χ3n) is 4.78. The van der Waals surface area contributed by atoms with Gasteiger partial charge in [0.25, 0.3) is 0 Å². The van der Waals surface area contributed by atoms with Crippen molar-refractivity contribution in [2.75, 3.05) is 19.7 Å². The van der Waals surface area contributed by atoms with Gasteiger partial charge >= 0.3 is 0 Å². The number of aliphatic hydroxyl groups excluding tert-OH is 1. The third kappa shape index (κ3) is 8.26. The van der Waals surface area contributed by atoms with Crippen LogP contribution >= 0.6 is 0 Å². The van der Waals surface area contributed by atoms with Crippen LogP contribution in [-0.4, -0.2) is 35.7 Å². The third-order valence-corrected chi connectivity index (χ3v) is 4.78. The van der Waals surface area contributed by atoms with Crippen molar-refractivity contribution in [1.82, 2.24) is 4.90 Å². The number of hydrogen-bond donors (Lipinski definition) is 1. The molecule has 1 saturated carbocycles. The minimum absolute atomic E-state index is 0.327. The first kappa shape index (κ1) is 18.0. The zero-order valence-electron chi connectivity index (χ0n) is 13.8. The fraction of sp³-hybridized carbons (Fsp3) is 1.00. The van der Waals surface area contributed by atoms with E-state index in [2.05, 4.69) is 11.8 Å². The highest BCUT2D eigenvalue weighted by molar-refractivity contribution is 4.75. The average molecular weight is 284 g/mol. The molecule has 1 aliphatic rings. The van der Waals surface area contributed by atoms with E-state index in [-0.39, 0.29) is 0 Å². The van der Waals surface area contributed by atoms with Crippen LogP contribution in [0.25, 0.3) is 0 Å². The van der Waals surface area contributed by atoms with Crippen molar-refractivity contribution in [2.24, 2.45) is 0 Å². The van der Waals surface area contributed by atoms with E-state index in [0.717, 1.165) is 12.6 Å². The Kier molecular flexibility index (Phi) is 11.4. The molecule has 0 amide bonds. The lowest BCUT2D eigenvalue weighted by Crippen LogP contribution is -2.39. The molecule has 0 atom stereocenters. The fourth-order valence-electron chi connectivity index (χ4n) is 3.50. The molecule has 2 nitrogen and oxygen atoms in total. The van der Waals surface area contributed by atoms with Crippen LogP contribution in [0, 0.1) is 0 Å². The molecule has 0 aromatic carbocycles. The van der Waals surface area contributed by atoms with Crippen molar-refractivity contribution in [3.05, 3.63) is 0 Å². The van der Waals surface area contributed by atoms with Gasteiger partial charge in [0, 0.05) is 12.6 Å². The molecule has 1 aliphatic carbocycles. The quantitative estimate of drug-likeness (QED) is 0.522. The van der Waals surface area contributed by atoms with Gasteiger partial charge in [0.2, 0.25) is 0 Å². The van der Waals surface area contributed by atoms with Gasteiger partial charge in [-0.15, -0.1) is 0 Å². The number of aliphatic hydroxyl groups is 1. The van der Waals surface area contributed by atoms with Crippen LogP contribution in [0.3, 0.4) is 0 Å². The Balaban J connectivity index is 2.03. The molecule has 1 fully saturated rings. The number of unbranched alkanes of at least 4 members (excludes halogenated alkanes) is 7. The maximum Gasteiger partial charge on any atom is 0.0558 e. The van der Waals surface area contributed by atoms with Crippen LogP contribution in [0.15, 0.2) is 0 Å². The second-order valence-electron chi connectivity index (χ2n) is 6.53. The molecule has 1 N–H and O–H groups in total. The molecule has 120 valence electrons. The summed E-state index contributed by atoms with van der Waals surface area (Å²) in [6.45, 7) is 4.70. The van der Waals surface area contributed by atoms with Crippen LogP contribution in [0.1, 0.15) is 90.4 Å². The van der Waals surface area contributed by atoms with Crippen molar-refractivity contribution in [2.45, 2.75) is 96.4 Å². The van der Waals surface area contributed by atoms with Gasteiger partial charge in [0.05, 0.1) is 6.61 Å². The zero-order valence-corrected chi connectivity index (χ0v) is 13.8. The zero-order chi connectivity index (χ0) is 14.5. The minimum Gasteiger partial charge on any atom is -0.395 e. The first-order valence-electron chi connectivity index (χ1n) is 9.23. The molecule has 0 radical (unpaired) electrons. The summed E-state index contributed by atoms with van der Waals surface area (Å²) in [5.74, 6) is 0. The molecule has 20 heavy (non-hydrogen) atoms. The molecule has 0 aromatic rings. The first-order chi connectivity index (χ1) is 9.88. The summed E-state index contributed by atoms with van der Waals surface area (Å²) >= 11 is 0. The van der Waals surface area contributed by atoms with Crippen LogP contribution in [-0.2, 0) is 0 Å². The number of rotatable bonds is 12. The lowest BCUT2D eigenvalue weighted by Gasteiger charge is -2.34. The van der Waals surface area contributed by atoms with Crippen molar-refractivity contribution < 1.29 is 5.11 Å². The van der Waals surface area contributed by atoms with Crippen molar-refractivity contribution in [1.29, 1.82) is 0 Å². The maximum absolute atomic E-state index is 9.25. The highest BCUT2D eigenvalue weighted by Gasteiger charge is 2.19. The van der Waals surface area contributed by atoms with E-state index in [0.29, 0.717) is 6.61 Å². The van der Waals surface area contributed by atoms with Crippen molar-refractivity contribution in [3.8, 4) is 0 Å². The van der Waals surface area contributed by atoms with Crippen LogP contribution in [0.2, 0.25) is 0 Å². The molecule has 0 aliphatic heterocycles. The van der Waals surface area contributed by atoms with E-state index >= 15 is 0 Å². The van der Waals surface area contributed by atoms with E-state index in [4.69, 9.17) is 0 Å². The summed E-state index contributed by atoms with van der Waals surface area (Å²) in [6, 6.07) is 0.764. The summed E-state index contributed by atoms with van der Waals surface area (Å²) in [5, 5.41) is 9.25.